The number of nitrogens with one attached hydrogen (secondary N) is 2. The number of methoxy groups -OCH3 is 2. The molecule has 2 rings (SSSR count). The fraction of sp³-hybridized carbons (Fsp3) is 0.278. The molecule has 0 bridgehead atoms. The van der Waals surface area contributed by atoms with E-state index in [-0.39, 0.29) is 24.7 Å². The van der Waals surface area contributed by atoms with Crippen molar-refractivity contribution in [1.82, 2.24) is 4.72 Å². The second kappa shape index (κ2) is 10.3. The molecule has 2 N–H and O–H groups in total. The third-order valence-corrected chi connectivity index (χ3v) is 5.25. The Kier molecular flexibility index (Phi) is 8.06. The fourth-order valence-electron chi connectivity index (χ4n) is 2.19. The molecule has 8 nitrogen and oxygen atoms in total. The average molecular weight is 429 g/mol. The zero-order valence-corrected chi connectivity index (χ0v) is 17.0. The van der Waals surface area contributed by atoms with E-state index in [1.165, 1.54) is 38.5 Å². The highest BCUT2D eigenvalue weighted by Gasteiger charge is 2.14. The van der Waals surface area contributed by atoms with Gasteiger partial charge < -0.3 is 19.5 Å². The number of rotatable bonds is 10. The molecule has 0 aliphatic carbocycles. The van der Waals surface area contributed by atoms with Crippen LogP contribution in [-0.4, -0.2) is 48.3 Å². The van der Waals surface area contributed by atoms with Crippen LogP contribution in [0.15, 0.2) is 47.4 Å². The van der Waals surface area contributed by atoms with Gasteiger partial charge in [0.25, 0.3) is 5.91 Å². The van der Waals surface area contributed by atoms with E-state index in [4.69, 9.17) is 25.8 Å². The molecule has 0 fully saturated rings. The van der Waals surface area contributed by atoms with E-state index in [9.17, 15) is 13.2 Å². The summed E-state index contributed by atoms with van der Waals surface area (Å²) in [5, 5.41) is 3.10. The van der Waals surface area contributed by atoms with Crippen LogP contribution in [0.1, 0.15) is 0 Å². The van der Waals surface area contributed by atoms with Crippen molar-refractivity contribution in [2.45, 2.75) is 4.90 Å². The largest absolute Gasteiger partial charge is 0.495 e. The van der Waals surface area contributed by atoms with Gasteiger partial charge in [0.15, 0.2) is 6.61 Å². The number of carbonyl (C=O) groups is 1. The molecule has 0 saturated carbocycles. The maximum absolute atomic E-state index is 12.1. The van der Waals surface area contributed by atoms with Crippen molar-refractivity contribution in [3.8, 4) is 11.5 Å². The highest BCUT2D eigenvalue weighted by atomic mass is 35.5. The number of anilines is 1. The summed E-state index contributed by atoms with van der Waals surface area (Å²) in [5.41, 5.74) is 0.423. The lowest BCUT2D eigenvalue weighted by Gasteiger charge is -2.11. The first-order valence-electron chi connectivity index (χ1n) is 8.20. The van der Waals surface area contributed by atoms with E-state index < -0.39 is 15.9 Å². The fourth-order valence-corrected chi connectivity index (χ4v) is 3.37. The van der Waals surface area contributed by atoms with E-state index in [0.717, 1.165) is 0 Å². The lowest BCUT2D eigenvalue weighted by atomic mass is 10.3. The molecule has 28 heavy (non-hydrogen) atoms. The molecular formula is C18H21ClN2O6S. The minimum atomic E-state index is -3.62. The Labute approximate surface area is 168 Å². The Morgan fingerprint density at radius 3 is 2.46 bits per heavy atom. The van der Waals surface area contributed by atoms with Gasteiger partial charge in [-0.05, 0) is 42.5 Å². The van der Waals surface area contributed by atoms with Crippen LogP contribution >= 0.6 is 11.6 Å². The molecule has 0 heterocycles. The van der Waals surface area contributed by atoms with Gasteiger partial charge in [0.1, 0.15) is 11.5 Å². The van der Waals surface area contributed by atoms with Gasteiger partial charge in [0.05, 0.1) is 24.3 Å². The van der Waals surface area contributed by atoms with Crippen molar-refractivity contribution in [3.05, 3.63) is 47.5 Å². The molecule has 0 atom stereocenters. The van der Waals surface area contributed by atoms with E-state index >= 15 is 0 Å². The summed E-state index contributed by atoms with van der Waals surface area (Å²) in [4.78, 5) is 12.2. The van der Waals surface area contributed by atoms with Crippen molar-refractivity contribution in [1.29, 1.82) is 0 Å². The third kappa shape index (κ3) is 6.38. The molecule has 0 aromatic heterocycles. The van der Waals surface area contributed by atoms with Crippen LogP contribution < -0.4 is 19.5 Å². The summed E-state index contributed by atoms with van der Waals surface area (Å²) in [5.74, 6) is 0.399. The Morgan fingerprint density at radius 2 is 1.82 bits per heavy atom. The van der Waals surface area contributed by atoms with Gasteiger partial charge in [-0.3, -0.25) is 4.79 Å². The molecule has 10 heteroatoms. The molecule has 2 aromatic rings. The smallest absolute Gasteiger partial charge is 0.262 e. The molecule has 152 valence electrons. The Hall–Kier alpha value is -2.33. The summed E-state index contributed by atoms with van der Waals surface area (Å²) in [7, 11) is -0.658. The van der Waals surface area contributed by atoms with Gasteiger partial charge in [-0.1, -0.05) is 11.6 Å². The maximum Gasteiger partial charge on any atom is 0.262 e. The van der Waals surface area contributed by atoms with Crippen molar-refractivity contribution in [2.24, 2.45) is 0 Å². The van der Waals surface area contributed by atoms with Crippen molar-refractivity contribution >= 4 is 33.2 Å². The van der Waals surface area contributed by atoms with E-state index in [1.54, 1.807) is 18.2 Å². The van der Waals surface area contributed by atoms with Gasteiger partial charge in [-0.15, -0.1) is 0 Å². The molecule has 0 unspecified atom stereocenters. The number of amides is 1. The first-order valence-corrected chi connectivity index (χ1v) is 10.1. The van der Waals surface area contributed by atoms with Crippen LogP contribution in [-0.2, 0) is 19.6 Å². The number of benzene rings is 2. The zero-order chi connectivity index (χ0) is 20.6. The molecule has 2 aromatic carbocycles. The summed E-state index contributed by atoms with van der Waals surface area (Å²) < 4.78 is 41.9. The van der Waals surface area contributed by atoms with Crippen LogP contribution in [0, 0.1) is 0 Å². The monoisotopic (exact) mass is 428 g/mol. The first kappa shape index (κ1) is 22.0. The second-order valence-corrected chi connectivity index (χ2v) is 7.75. The normalized spacial score (nSPS) is 11.1. The van der Waals surface area contributed by atoms with E-state index in [1.807, 2.05) is 0 Å². The summed E-state index contributed by atoms with van der Waals surface area (Å²) >= 11 is 5.92. The van der Waals surface area contributed by atoms with Crippen molar-refractivity contribution in [2.75, 3.05) is 39.3 Å². The lowest BCUT2D eigenvalue weighted by Crippen LogP contribution is -2.27. The topological polar surface area (TPSA) is 103 Å². The number of hydrogen-bond acceptors (Lipinski definition) is 6. The summed E-state index contributed by atoms with van der Waals surface area (Å²) in [6.45, 7) is 0.172. The Bertz CT molecular complexity index is 903. The number of halogens is 1. The van der Waals surface area contributed by atoms with E-state index in [0.29, 0.717) is 22.2 Å². The van der Waals surface area contributed by atoms with Gasteiger partial charge in [-0.25, -0.2) is 13.1 Å². The van der Waals surface area contributed by atoms with Crippen LogP contribution in [0.5, 0.6) is 11.5 Å². The van der Waals surface area contributed by atoms with Gasteiger partial charge in [0, 0.05) is 18.7 Å². The molecule has 0 radical (unpaired) electrons. The minimum absolute atomic E-state index is 0.0871. The third-order valence-electron chi connectivity index (χ3n) is 3.54. The van der Waals surface area contributed by atoms with Crippen LogP contribution in [0.3, 0.4) is 0 Å². The number of carbonyl (C=O) groups excluding carboxylic acids is 1. The summed E-state index contributed by atoms with van der Waals surface area (Å²) in [6, 6.07) is 10.6. The molecule has 0 aliphatic rings. The standard InChI is InChI=1S/C18H21ClN2O6S/c1-25-10-9-20-28(23,24)15-6-4-14(5-7-15)27-12-18(22)21-16-11-13(19)3-8-17(16)26-2/h3-8,11,20H,9-10,12H2,1-2H3,(H,21,22). The molecule has 0 aliphatic heterocycles. The second-order valence-electron chi connectivity index (χ2n) is 5.54. The van der Waals surface area contributed by atoms with Crippen molar-refractivity contribution in [3.63, 3.8) is 0 Å². The Morgan fingerprint density at radius 1 is 1.11 bits per heavy atom. The van der Waals surface area contributed by atoms with Gasteiger partial charge in [0.2, 0.25) is 10.0 Å². The number of hydrogen-bond donors (Lipinski definition) is 2. The predicted octanol–water partition coefficient (Wildman–Crippen LogP) is 2.29. The minimum Gasteiger partial charge on any atom is -0.495 e. The highest BCUT2D eigenvalue weighted by molar-refractivity contribution is 7.89. The first-order chi connectivity index (χ1) is 13.4. The SMILES string of the molecule is COCCNS(=O)(=O)c1ccc(OCC(=O)Nc2cc(Cl)ccc2OC)cc1. The number of ether oxygens (including phenoxy) is 3. The zero-order valence-electron chi connectivity index (χ0n) is 15.4. The highest BCUT2D eigenvalue weighted by Crippen LogP contribution is 2.27. The maximum atomic E-state index is 12.1. The molecule has 0 spiro atoms. The van der Waals surface area contributed by atoms with E-state index in [2.05, 4.69) is 10.0 Å². The van der Waals surface area contributed by atoms with Crippen LogP contribution in [0.2, 0.25) is 5.02 Å². The molecule has 0 saturated heterocycles. The average Bonchev–Trinajstić information content (AvgIpc) is 2.67. The van der Waals surface area contributed by atoms with Crippen molar-refractivity contribution < 1.29 is 27.4 Å². The Balaban J connectivity index is 1.92. The lowest BCUT2D eigenvalue weighted by molar-refractivity contribution is -0.118. The number of sulfonamides is 1. The van der Waals surface area contributed by atoms with Crippen LogP contribution in [0.25, 0.3) is 0 Å². The molecular weight excluding hydrogens is 408 g/mol. The van der Waals surface area contributed by atoms with Gasteiger partial charge >= 0.3 is 0 Å². The predicted molar refractivity (Wildman–Crippen MR) is 106 cm³/mol. The van der Waals surface area contributed by atoms with Crippen LogP contribution in [0.4, 0.5) is 5.69 Å². The summed E-state index contributed by atoms with van der Waals surface area (Å²) in [6.07, 6.45) is 0. The van der Waals surface area contributed by atoms with Gasteiger partial charge in [-0.2, -0.15) is 0 Å². The quantitative estimate of drug-likeness (QED) is 0.563. The molecule has 1 amide bonds.